The minimum atomic E-state index is -1.05. The van der Waals surface area contributed by atoms with Crippen molar-refractivity contribution in [3.63, 3.8) is 0 Å². The Balaban J connectivity index is 1.52. The molecule has 3 atom stereocenters. The average Bonchev–Trinajstić information content (AvgIpc) is 3.56. The van der Waals surface area contributed by atoms with Crippen molar-refractivity contribution in [1.29, 1.82) is 0 Å². The number of nitrogens with one attached hydrogen (secondary N) is 3. The molecule has 0 spiro atoms. The number of benzene rings is 4. The summed E-state index contributed by atoms with van der Waals surface area (Å²) in [5.74, 6) is -0.846. The highest BCUT2D eigenvalue weighted by Gasteiger charge is 2.46. The normalized spacial score (nSPS) is 16.6. The first-order valence-electron chi connectivity index (χ1n) is 14.2. The van der Waals surface area contributed by atoms with E-state index >= 15 is 0 Å². The van der Waals surface area contributed by atoms with Crippen molar-refractivity contribution in [3.05, 3.63) is 118 Å². The Labute approximate surface area is 249 Å². The van der Waals surface area contributed by atoms with Gasteiger partial charge in [0.05, 0.1) is 18.0 Å². The predicted octanol–water partition coefficient (Wildman–Crippen LogP) is 4.93. The number of hydrogen-bond acceptors (Lipinski definition) is 6. The van der Waals surface area contributed by atoms with E-state index in [4.69, 9.17) is 0 Å². The summed E-state index contributed by atoms with van der Waals surface area (Å²) >= 11 is 0. The number of urea groups is 1. The molecule has 0 aromatic heterocycles. The van der Waals surface area contributed by atoms with Crippen molar-refractivity contribution in [3.8, 4) is 0 Å². The number of likely N-dealkylation sites (N-methyl/N-ethyl adjacent to an activating group) is 1. The third-order valence-electron chi connectivity index (χ3n) is 7.86. The van der Waals surface area contributed by atoms with Crippen LogP contribution in [-0.2, 0) is 22.6 Å². The summed E-state index contributed by atoms with van der Waals surface area (Å²) in [5.41, 5.74) is 1.22. The molecular weight excluding hydrogens is 546 g/mol. The zero-order chi connectivity index (χ0) is 30.4. The van der Waals surface area contributed by atoms with Crippen LogP contribution in [0.3, 0.4) is 0 Å². The van der Waals surface area contributed by atoms with Gasteiger partial charge in [0.2, 0.25) is 5.91 Å². The maximum absolute atomic E-state index is 14.6. The SMILES string of the molecule is C[N+](Cc1ccccc1)(C(=O)Nc1ccccc1[N+](=O)[O-])C(=O)[C@H](Cc1ccc2ccccc2c1)NC(=O)[C@@H]1CCCN1. The third kappa shape index (κ3) is 6.77. The van der Waals surface area contributed by atoms with Crippen molar-refractivity contribution in [2.24, 2.45) is 0 Å². The van der Waals surface area contributed by atoms with Gasteiger partial charge in [-0.25, -0.2) is 9.59 Å². The first-order chi connectivity index (χ1) is 20.7. The van der Waals surface area contributed by atoms with Crippen LogP contribution >= 0.6 is 0 Å². The van der Waals surface area contributed by atoms with E-state index in [1.165, 1.54) is 25.2 Å². The van der Waals surface area contributed by atoms with Crippen molar-refractivity contribution in [1.82, 2.24) is 10.6 Å². The highest BCUT2D eigenvalue weighted by molar-refractivity contribution is 5.97. The molecule has 4 amide bonds. The van der Waals surface area contributed by atoms with E-state index in [1.807, 2.05) is 60.7 Å². The van der Waals surface area contributed by atoms with Gasteiger partial charge in [-0.2, -0.15) is 4.48 Å². The molecule has 10 nitrogen and oxygen atoms in total. The van der Waals surface area contributed by atoms with E-state index in [2.05, 4.69) is 16.0 Å². The highest BCUT2D eigenvalue weighted by atomic mass is 16.6. The minimum absolute atomic E-state index is 0.0204. The number of nitro groups is 1. The number of imide groups is 1. The number of nitro benzene ring substituents is 1. The van der Waals surface area contributed by atoms with Gasteiger partial charge in [-0.3, -0.25) is 20.2 Å². The number of amides is 4. The Kier molecular flexibility index (Phi) is 8.89. The fourth-order valence-electron chi connectivity index (χ4n) is 5.50. The number of quaternary nitrogens is 1. The van der Waals surface area contributed by atoms with Crippen LogP contribution in [0.4, 0.5) is 16.2 Å². The second-order valence-electron chi connectivity index (χ2n) is 11.0. The molecule has 4 aromatic carbocycles. The number of para-hydroxylation sites is 2. The van der Waals surface area contributed by atoms with Gasteiger partial charge in [0.25, 0.3) is 5.69 Å². The number of anilines is 1. The minimum Gasteiger partial charge on any atom is -0.339 e. The summed E-state index contributed by atoms with van der Waals surface area (Å²) in [6.07, 6.45) is 1.65. The monoisotopic (exact) mass is 580 g/mol. The zero-order valence-corrected chi connectivity index (χ0v) is 23.9. The summed E-state index contributed by atoms with van der Waals surface area (Å²) in [5, 5.41) is 22.4. The molecule has 0 aliphatic carbocycles. The van der Waals surface area contributed by atoms with Crippen LogP contribution in [-0.4, -0.2) is 52.9 Å². The summed E-state index contributed by atoms with van der Waals surface area (Å²) in [4.78, 5) is 53.0. The van der Waals surface area contributed by atoms with Crippen LogP contribution in [0.25, 0.3) is 10.8 Å². The smallest absolute Gasteiger partial charge is 0.339 e. The van der Waals surface area contributed by atoms with E-state index < -0.39 is 33.4 Å². The number of nitrogens with zero attached hydrogens (tertiary/aromatic N) is 2. The molecule has 1 heterocycles. The van der Waals surface area contributed by atoms with Crippen molar-refractivity contribution in [2.75, 3.05) is 18.9 Å². The number of hydrogen-bond donors (Lipinski definition) is 3. The van der Waals surface area contributed by atoms with Crippen molar-refractivity contribution < 1.29 is 23.8 Å². The molecule has 0 radical (unpaired) electrons. The Morgan fingerprint density at radius 3 is 2.35 bits per heavy atom. The average molecular weight is 581 g/mol. The third-order valence-corrected chi connectivity index (χ3v) is 7.86. The van der Waals surface area contributed by atoms with Crippen LogP contribution in [0.2, 0.25) is 0 Å². The van der Waals surface area contributed by atoms with Gasteiger partial charge in [-0.15, -0.1) is 0 Å². The van der Waals surface area contributed by atoms with Crippen LogP contribution < -0.4 is 16.0 Å². The molecular formula is C33H34N5O5+. The molecule has 220 valence electrons. The number of carbonyl (C=O) groups is 3. The summed E-state index contributed by atoms with van der Waals surface area (Å²) in [6.45, 7) is 0.680. The molecule has 1 unspecified atom stereocenters. The van der Waals surface area contributed by atoms with E-state index in [1.54, 1.807) is 18.2 Å². The summed E-state index contributed by atoms with van der Waals surface area (Å²) in [6, 6.07) is 26.3. The van der Waals surface area contributed by atoms with Crippen LogP contribution in [0.1, 0.15) is 24.0 Å². The Bertz CT molecular complexity index is 1650. The Morgan fingerprint density at radius 2 is 1.63 bits per heavy atom. The van der Waals surface area contributed by atoms with Crippen LogP contribution in [0.15, 0.2) is 97.1 Å². The second-order valence-corrected chi connectivity index (χ2v) is 11.0. The van der Waals surface area contributed by atoms with Gasteiger partial charge in [0.1, 0.15) is 18.3 Å². The molecule has 0 saturated carbocycles. The Morgan fingerprint density at radius 1 is 0.930 bits per heavy atom. The van der Waals surface area contributed by atoms with Gasteiger partial charge < -0.3 is 10.6 Å². The van der Waals surface area contributed by atoms with Crippen LogP contribution in [0, 0.1) is 10.1 Å². The number of fused-ring (bicyclic) bond motifs is 1. The molecule has 1 aliphatic heterocycles. The zero-order valence-electron chi connectivity index (χ0n) is 23.9. The molecule has 0 bridgehead atoms. The lowest BCUT2D eigenvalue weighted by Gasteiger charge is -2.32. The summed E-state index contributed by atoms with van der Waals surface area (Å²) in [7, 11) is 1.48. The van der Waals surface area contributed by atoms with Gasteiger partial charge in [-0.05, 0) is 41.8 Å². The first kappa shape index (κ1) is 29.6. The molecule has 4 aromatic rings. The van der Waals surface area contributed by atoms with E-state index in [-0.39, 0.29) is 30.2 Å². The van der Waals surface area contributed by atoms with Gasteiger partial charge >= 0.3 is 11.9 Å². The lowest BCUT2D eigenvalue weighted by molar-refractivity contribution is -0.764. The van der Waals surface area contributed by atoms with Crippen molar-refractivity contribution in [2.45, 2.75) is 37.9 Å². The van der Waals surface area contributed by atoms with E-state index in [0.717, 1.165) is 22.8 Å². The van der Waals surface area contributed by atoms with Gasteiger partial charge in [0, 0.05) is 18.1 Å². The molecule has 1 aliphatic rings. The quantitative estimate of drug-likeness (QED) is 0.146. The fraction of sp³-hybridized carbons (Fsp3) is 0.242. The predicted molar refractivity (Wildman–Crippen MR) is 164 cm³/mol. The highest BCUT2D eigenvalue weighted by Crippen LogP contribution is 2.26. The topological polar surface area (TPSA) is 130 Å². The summed E-state index contributed by atoms with van der Waals surface area (Å²) < 4.78 is -0.785. The van der Waals surface area contributed by atoms with Crippen LogP contribution in [0.5, 0.6) is 0 Å². The fourth-order valence-corrected chi connectivity index (χ4v) is 5.50. The first-order valence-corrected chi connectivity index (χ1v) is 14.2. The molecule has 10 heteroatoms. The Hall–Kier alpha value is -4.93. The largest absolute Gasteiger partial charge is 0.428 e. The van der Waals surface area contributed by atoms with Gasteiger partial charge in [-0.1, -0.05) is 84.9 Å². The molecule has 5 rings (SSSR count). The second kappa shape index (κ2) is 12.9. The molecule has 1 saturated heterocycles. The lowest BCUT2D eigenvalue weighted by Crippen LogP contribution is -2.63. The molecule has 3 N–H and O–H groups in total. The van der Waals surface area contributed by atoms with Crippen molar-refractivity contribution >= 4 is 40.0 Å². The number of carbonyl (C=O) groups excluding carboxylic acids is 3. The molecule has 1 fully saturated rings. The lowest BCUT2D eigenvalue weighted by atomic mass is 9.99. The maximum Gasteiger partial charge on any atom is 0.428 e. The standard InChI is InChI=1S/C33H33N5O5/c1-38(22-23-10-3-2-4-11-23,33(41)36-27-14-7-8-16-30(27)37(42)43)32(40)29(35-31(39)28-15-9-19-34-28)21-24-17-18-25-12-5-6-13-26(25)20-24/h2-8,10-14,16-18,20,28-29,34H,9,15,19,21-22H2,1H3,(H-,35,36,39,41)/p+1/t28-,29-,38?/m0/s1. The van der Waals surface area contributed by atoms with E-state index in [9.17, 15) is 24.5 Å². The maximum atomic E-state index is 14.6. The number of rotatable bonds is 9. The van der Waals surface area contributed by atoms with E-state index in [0.29, 0.717) is 18.5 Å². The molecule has 43 heavy (non-hydrogen) atoms. The van der Waals surface area contributed by atoms with Gasteiger partial charge in [0.15, 0.2) is 0 Å².